The number of nitrogens with two attached hydrogens (primary N) is 1. The van der Waals surface area contributed by atoms with E-state index in [9.17, 15) is 13.2 Å². The molecule has 1 aliphatic heterocycles. The van der Waals surface area contributed by atoms with Crippen LogP contribution >= 0.6 is 0 Å². The van der Waals surface area contributed by atoms with Gasteiger partial charge in [0.05, 0.1) is 16.3 Å². The molecule has 8 heteroatoms. The Morgan fingerprint density at radius 2 is 2.18 bits per heavy atom. The van der Waals surface area contributed by atoms with Gasteiger partial charge in [0.25, 0.3) is 0 Å². The molecule has 3 N–H and O–H groups in total. The molecule has 1 atom stereocenters. The molecule has 3 rings (SSSR count). The van der Waals surface area contributed by atoms with Crippen LogP contribution in [0.25, 0.3) is 11.0 Å². The van der Waals surface area contributed by atoms with Gasteiger partial charge in [-0.25, -0.2) is 18.5 Å². The maximum atomic E-state index is 12.2. The maximum absolute atomic E-state index is 12.2. The van der Waals surface area contributed by atoms with Gasteiger partial charge in [0.1, 0.15) is 5.82 Å². The average molecular weight is 322 g/mol. The Morgan fingerprint density at radius 3 is 2.86 bits per heavy atom. The quantitative estimate of drug-likeness (QED) is 0.848. The summed E-state index contributed by atoms with van der Waals surface area (Å²) in [7, 11) is -3.57. The van der Waals surface area contributed by atoms with Gasteiger partial charge in [0.2, 0.25) is 15.9 Å². The van der Waals surface area contributed by atoms with Crippen LogP contribution in [0.1, 0.15) is 18.7 Å². The molecule has 1 aromatic carbocycles. The van der Waals surface area contributed by atoms with E-state index in [1.807, 2.05) is 24.3 Å². The fraction of sp³-hybridized carbons (Fsp3) is 0.429. The van der Waals surface area contributed by atoms with Gasteiger partial charge < -0.3 is 9.88 Å². The highest BCUT2D eigenvalue weighted by molar-refractivity contribution is 7.89. The van der Waals surface area contributed by atoms with Gasteiger partial charge in [-0.15, -0.1) is 0 Å². The lowest BCUT2D eigenvalue weighted by molar-refractivity contribution is -0.130. The number of hydrogen-bond acceptors (Lipinski definition) is 4. The monoisotopic (exact) mass is 322 g/mol. The topological polar surface area (TPSA) is 109 Å². The number of imidazole rings is 1. The minimum Gasteiger partial charge on any atom is -0.342 e. The molecule has 22 heavy (non-hydrogen) atoms. The maximum Gasteiger partial charge on any atom is 0.223 e. The number of nitrogens with zero attached hydrogens (tertiary/aromatic N) is 2. The molecule has 1 unspecified atom stereocenters. The Bertz CT molecular complexity index is 766. The number of carbonyl (C=O) groups is 1. The van der Waals surface area contributed by atoms with Crippen LogP contribution in [0.15, 0.2) is 24.3 Å². The third kappa shape index (κ3) is 3.12. The van der Waals surface area contributed by atoms with E-state index >= 15 is 0 Å². The van der Waals surface area contributed by atoms with Crippen molar-refractivity contribution in [1.82, 2.24) is 14.9 Å². The van der Waals surface area contributed by atoms with Crippen molar-refractivity contribution < 1.29 is 13.2 Å². The predicted molar refractivity (Wildman–Crippen MR) is 82.5 cm³/mol. The number of aromatic nitrogens is 2. The van der Waals surface area contributed by atoms with Gasteiger partial charge in [-0.05, 0) is 18.6 Å². The van der Waals surface area contributed by atoms with Gasteiger partial charge in [-0.1, -0.05) is 12.1 Å². The molecule has 0 saturated carbocycles. The first-order valence-corrected chi connectivity index (χ1v) is 8.77. The Kier molecular flexibility index (Phi) is 3.88. The number of hydrogen-bond donors (Lipinski definition) is 2. The zero-order valence-corrected chi connectivity index (χ0v) is 12.8. The Labute approximate surface area is 128 Å². The van der Waals surface area contributed by atoms with Crippen molar-refractivity contribution in [2.45, 2.75) is 24.5 Å². The number of aromatic amines is 1. The predicted octanol–water partition coefficient (Wildman–Crippen LogP) is 0.385. The lowest BCUT2D eigenvalue weighted by atomic mass is 10.2. The van der Waals surface area contributed by atoms with E-state index in [4.69, 9.17) is 5.14 Å². The molecule has 1 aromatic heterocycles. The number of para-hydroxylation sites is 2. The van der Waals surface area contributed by atoms with Gasteiger partial charge in [-0.2, -0.15) is 0 Å². The van der Waals surface area contributed by atoms with E-state index in [0.29, 0.717) is 25.8 Å². The molecule has 0 bridgehead atoms. The number of H-pyrrole nitrogens is 1. The van der Waals surface area contributed by atoms with E-state index in [1.165, 1.54) is 0 Å². The molecule has 118 valence electrons. The van der Waals surface area contributed by atoms with E-state index in [-0.39, 0.29) is 12.5 Å². The highest BCUT2D eigenvalue weighted by Crippen LogP contribution is 2.17. The molecule has 0 aliphatic carbocycles. The smallest absolute Gasteiger partial charge is 0.223 e. The molecule has 1 saturated heterocycles. The number of amides is 1. The normalized spacial score (nSPS) is 19.0. The van der Waals surface area contributed by atoms with Crippen molar-refractivity contribution in [3.63, 3.8) is 0 Å². The fourth-order valence-electron chi connectivity index (χ4n) is 2.73. The van der Waals surface area contributed by atoms with Crippen LogP contribution in [0.3, 0.4) is 0 Å². The highest BCUT2D eigenvalue weighted by Gasteiger charge is 2.32. The van der Waals surface area contributed by atoms with Crippen LogP contribution in [0, 0.1) is 0 Å². The summed E-state index contributed by atoms with van der Waals surface area (Å²) in [4.78, 5) is 21.3. The number of likely N-dealkylation sites (tertiary alicyclic amines) is 1. The van der Waals surface area contributed by atoms with Gasteiger partial charge in [-0.3, -0.25) is 4.79 Å². The lowest BCUT2D eigenvalue weighted by Gasteiger charge is -2.15. The van der Waals surface area contributed by atoms with E-state index < -0.39 is 15.3 Å². The molecular weight excluding hydrogens is 304 g/mol. The average Bonchev–Trinajstić information content (AvgIpc) is 3.10. The number of fused-ring (bicyclic) bond motifs is 1. The van der Waals surface area contributed by atoms with Gasteiger partial charge in [0.15, 0.2) is 0 Å². The largest absolute Gasteiger partial charge is 0.342 e. The SMILES string of the molecule is NS(=O)(=O)C1CCN(C(=O)CCc2nc3ccccc3[nH]2)C1. The summed E-state index contributed by atoms with van der Waals surface area (Å²) in [6, 6.07) is 7.68. The number of aryl methyl sites for hydroxylation is 1. The third-order valence-corrected chi connectivity index (χ3v) is 5.29. The first-order chi connectivity index (χ1) is 10.4. The number of primary sulfonamides is 1. The summed E-state index contributed by atoms with van der Waals surface area (Å²) in [5.41, 5.74) is 1.82. The molecule has 1 aliphatic rings. The van der Waals surface area contributed by atoms with Crippen LogP contribution in [-0.2, 0) is 21.2 Å². The Morgan fingerprint density at radius 1 is 1.41 bits per heavy atom. The summed E-state index contributed by atoms with van der Waals surface area (Å²) in [6.07, 6.45) is 1.22. The standard InChI is InChI=1S/C14H18N4O3S/c15-22(20,21)10-7-8-18(9-10)14(19)6-5-13-16-11-3-1-2-4-12(11)17-13/h1-4,10H,5-9H2,(H,16,17)(H2,15,20,21). The molecule has 0 spiro atoms. The summed E-state index contributed by atoms with van der Waals surface area (Å²) < 4.78 is 22.6. The second kappa shape index (κ2) is 5.69. The van der Waals surface area contributed by atoms with Crippen molar-refractivity contribution in [3.05, 3.63) is 30.1 Å². The van der Waals surface area contributed by atoms with E-state index in [0.717, 1.165) is 16.9 Å². The molecule has 7 nitrogen and oxygen atoms in total. The van der Waals surface area contributed by atoms with Crippen molar-refractivity contribution in [2.75, 3.05) is 13.1 Å². The second-order valence-electron chi connectivity index (χ2n) is 5.54. The molecule has 1 fully saturated rings. The summed E-state index contributed by atoms with van der Waals surface area (Å²) in [5, 5.41) is 4.49. The van der Waals surface area contributed by atoms with E-state index in [2.05, 4.69) is 9.97 Å². The minimum absolute atomic E-state index is 0.0633. The summed E-state index contributed by atoms with van der Waals surface area (Å²) in [6.45, 7) is 0.637. The lowest BCUT2D eigenvalue weighted by Crippen LogP contribution is -2.34. The van der Waals surface area contributed by atoms with Crippen LogP contribution < -0.4 is 5.14 Å². The second-order valence-corrected chi connectivity index (χ2v) is 7.38. The Balaban J connectivity index is 1.59. The number of carbonyl (C=O) groups excluding carboxylic acids is 1. The first kappa shape index (κ1) is 15.0. The zero-order valence-electron chi connectivity index (χ0n) is 12.0. The highest BCUT2D eigenvalue weighted by atomic mass is 32.2. The number of benzene rings is 1. The summed E-state index contributed by atoms with van der Waals surface area (Å²) in [5.74, 6) is 0.698. The van der Waals surface area contributed by atoms with Crippen LogP contribution in [-0.4, -0.2) is 47.5 Å². The van der Waals surface area contributed by atoms with Gasteiger partial charge >= 0.3 is 0 Å². The molecule has 1 amide bonds. The van der Waals surface area contributed by atoms with Crippen LogP contribution in [0.2, 0.25) is 0 Å². The van der Waals surface area contributed by atoms with Gasteiger partial charge in [0, 0.05) is 25.9 Å². The molecule has 2 aromatic rings. The van der Waals surface area contributed by atoms with Crippen molar-refractivity contribution in [2.24, 2.45) is 5.14 Å². The fourth-order valence-corrected chi connectivity index (χ4v) is 3.55. The van der Waals surface area contributed by atoms with Crippen molar-refractivity contribution >= 4 is 27.0 Å². The van der Waals surface area contributed by atoms with Crippen molar-refractivity contribution in [1.29, 1.82) is 0 Å². The molecular formula is C14H18N4O3S. The van der Waals surface area contributed by atoms with E-state index in [1.54, 1.807) is 4.90 Å². The van der Waals surface area contributed by atoms with Crippen molar-refractivity contribution in [3.8, 4) is 0 Å². The van der Waals surface area contributed by atoms with Crippen LogP contribution in [0.5, 0.6) is 0 Å². The molecule has 0 radical (unpaired) electrons. The minimum atomic E-state index is -3.57. The third-order valence-electron chi connectivity index (χ3n) is 3.98. The van der Waals surface area contributed by atoms with Crippen LogP contribution in [0.4, 0.5) is 0 Å². The molecule has 2 heterocycles. The first-order valence-electron chi connectivity index (χ1n) is 7.16. The summed E-state index contributed by atoms with van der Waals surface area (Å²) >= 11 is 0. The number of nitrogens with one attached hydrogen (secondary N) is 1. The number of rotatable bonds is 4. The Hall–Kier alpha value is -1.93. The number of sulfonamides is 1. The zero-order chi connectivity index (χ0) is 15.7.